The summed E-state index contributed by atoms with van der Waals surface area (Å²) in [5.74, 6) is -2.07. The first kappa shape index (κ1) is 17.2. The molecule has 1 aliphatic heterocycles. The van der Waals surface area contributed by atoms with E-state index in [1.54, 1.807) is 4.90 Å². The molecule has 0 aliphatic carbocycles. The molecule has 21 heavy (non-hydrogen) atoms. The van der Waals surface area contributed by atoms with E-state index in [-0.39, 0.29) is 0 Å². The van der Waals surface area contributed by atoms with E-state index in [2.05, 4.69) is 10.2 Å². The van der Waals surface area contributed by atoms with Crippen LogP contribution in [0.15, 0.2) is 0 Å². The summed E-state index contributed by atoms with van der Waals surface area (Å²) in [6, 6.07) is -1.90. The molecule has 0 spiro atoms. The van der Waals surface area contributed by atoms with Gasteiger partial charge in [-0.2, -0.15) is 0 Å². The fourth-order valence-corrected chi connectivity index (χ4v) is 2.45. The van der Waals surface area contributed by atoms with Gasteiger partial charge in [-0.25, -0.2) is 9.59 Å². The monoisotopic (exact) mass is 301 g/mol. The van der Waals surface area contributed by atoms with Crippen LogP contribution >= 0.6 is 0 Å². The number of hydrogen-bond donors (Lipinski definition) is 3. The third kappa shape index (κ3) is 5.99. The molecule has 1 aliphatic rings. The van der Waals surface area contributed by atoms with Gasteiger partial charge in [0.15, 0.2) is 0 Å². The highest BCUT2D eigenvalue weighted by Crippen LogP contribution is 2.17. The van der Waals surface area contributed by atoms with Crippen molar-refractivity contribution in [3.05, 3.63) is 0 Å². The minimum Gasteiger partial charge on any atom is -0.481 e. The number of rotatable bonds is 6. The fraction of sp³-hybridized carbons (Fsp3) is 0.769. The number of carbonyl (C=O) groups is 3. The fourth-order valence-electron chi connectivity index (χ4n) is 2.45. The Balaban J connectivity index is 2.45. The average Bonchev–Trinajstić information content (AvgIpc) is 2.37. The Kier molecular flexibility index (Phi) is 6.41. The standard InChI is InChI=1S/C13H23N3O5/c1-15(2)8-9-3-5-16(6-4-9)13(21)14-10(12(19)20)7-11(17)18/h9-10H,3-8H2,1-2H3,(H,14,21)(H,17,18)(H,19,20). The van der Waals surface area contributed by atoms with Gasteiger partial charge in [-0.15, -0.1) is 0 Å². The molecular weight excluding hydrogens is 278 g/mol. The molecular formula is C13H23N3O5. The summed E-state index contributed by atoms with van der Waals surface area (Å²) in [6.45, 7) is 2.08. The topological polar surface area (TPSA) is 110 Å². The summed E-state index contributed by atoms with van der Waals surface area (Å²) >= 11 is 0. The number of urea groups is 1. The van der Waals surface area contributed by atoms with Crippen LogP contribution in [0, 0.1) is 5.92 Å². The number of carboxylic acids is 2. The smallest absolute Gasteiger partial charge is 0.326 e. The van der Waals surface area contributed by atoms with Gasteiger partial charge in [-0.1, -0.05) is 0 Å². The third-order valence-corrected chi connectivity index (χ3v) is 3.50. The second-order valence-electron chi connectivity index (χ2n) is 5.63. The van der Waals surface area contributed by atoms with Crippen LogP contribution < -0.4 is 5.32 Å². The molecule has 1 heterocycles. The average molecular weight is 301 g/mol. The Morgan fingerprint density at radius 1 is 1.24 bits per heavy atom. The lowest BCUT2D eigenvalue weighted by molar-refractivity contribution is -0.145. The molecule has 1 saturated heterocycles. The number of likely N-dealkylation sites (tertiary alicyclic amines) is 1. The zero-order chi connectivity index (χ0) is 16.0. The summed E-state index contributed by atoms with van der Waals surface area (Å²) in [7, 11) is 4.00. The highest BCUT2D eigenvalue weighted by molar-refractivity contribution is 5.86. The second kappa shape index (κ2) is 7.82. The Morgan fingerprint density at radius 3 is 2.24 bits per heavy atom. The van der Waals surface area contributed by atoms with Crippen LogP contribution in [0.5, 0.6) is 0 Å². The summed E-state index contributed by atoms with van der Waals surface area (Å²) in [6.07, 6.45) is 1.10. The number of carboxylic acid groups (broad SMARTS) is 2. The molecule has 1 fully saturated rings. The molecule has 0 aromatic carbocycles. The zero-order valence-electron chi connectivity index (χ0n) is 12.4. The van der Waals surface area contributed by atoms with Gasteiger partial charge >= 0.3 is 18.0 Å². The lowest BCUT2D eigenvalue weighted by atomic mass is 9.96. The Bertz CT molecular complexity index is 391. The highest BCUT2D eigenvalue weighted by Gasteiger charge is 2.28. The van der Waals surface area contributed by atoms with Crippen molar-refractivity contribution < 1.29 is 24.6 Å². The predicted octanol–water partition coefficient (Wildman–Crippen LogP) is -0.102. The van der Waals surface area contributed by atoms with Crippen LogP contribution in [-0.2, 0) is 9.59 Å². The molecule has 0 aromatic rings. The van der Waals surface area contributed by atoms with Crippen molar-refractivity contribution in [2.75, 3.05) is 33.7 Å². The van der Waals surface area contributed by atoms with E-state index in [1.165, 1.54) is 0 Å². The quantitative estimate of drug-likeness (QED) is 0.632. The summed E-state index contributed by atoms with van der Waals surface area (Å²) in [5, 5.41) is 19.8. The summed E-state index contributed by atoms with van der Waals surface area (Å²) in [5.41, 5.74) is 0. The van der Waals surface area contributed by atoms with Crippen molar-refractivity contribution in [2.45, 2.75) is 25.3 Å². The number of piperidine rings is 1. The minimum absolute atomic E-state index is 0.507. The molecule has 8 heteroatoms. The van der Waals surface area contributed by atoms with Crippen LogP contribution in [0.3, 0.4) is 0 Å². The molecule has 1 rings (SSSR count). The summed E-state index contributed by atoms with van der Waals surface area (Å²) < 4.78 is 0. The third-order valence-electron chi connectivity index (χ3n) is 3.50. The van der Waals surface area contributed by atoms with Crippen molar-refractivity contribution in [2.24, 2.45) is 5.92 Å². The van der Waals surface area contributed by atoms with E-state index in [1.807, 2.05) is 14.1 Å². The van der Waals surface area contributed by atoms with Gasteiger partial charge in [0.2, 0.25) is 0 Å². The summed E-state index contributed by atoms with van der Waals surface area (Å²) in [4.78, 5) is 37.1. The van der Waals surface area contributed by atoms with Crippen molar-refractivity contribution in [1.82, 2.24) is 15.1 Å². The molecule has 8 nitrogen and oxygen atoms in total. The number of amides is 2. The van der Waals surface area contributed by atoms with Crippen molar-refractivity contribution in [3.63, 3.8) is 0 Å². The number of carbonyl (C=O) groups excluding carboxylic acids is 1. The van der Waals surface area contributed by atoms with E-state index in [0.717, 1.165) is 19.4 Å². The van der Waals surface area contributed by atoms with Crippen molar-refractivity contribution in [1.29, 1.82) is 0 Å². The lowest BCUT2D eigenvalue weighted by Gasteiger charge is -2.33. The van der Waals surface area contributed by atoms with E-state index in [9.17, 15) is 14.4 Å². The number of hydrogen-bond acceptors (Lipinski definition) is 4. The largest absolute Gasteiger partial charge is 0.481 e. The molecule has 0 aromatic heterocycles. The van der Waals surface area contributed by atoms with E-state index < -0.39 is 30.4 Å². The maximum absolute atomic E-state index is 12.0. The Morgan fingerprint density at radius 2 is 1.81 bits per heavy atom. The van der Waals surface area contributed by atoms with Gasteiger partial charge in [0, 0.05) is 19.6 Å². The van der Waals surface area contributed by atoms with E-state index in [4.69, 9.17) is 10.2 Å². The number of nitrogens with one attached hydrogen (secondary N) is 1. The van der Waals surface area contributed by atoms with Crippen LogP contribution in [0.1, 0.15) is 19.3 Å². The highest BCUT2D eigenvalue weighted by atomic mass is 16.4. The number of aliphatic carboxylic acids is 2. The van der Waals surface area contributed by atoms with Gasteiger partial charge in [-0.3, -0.25) is 4.79 Å². The second-order valence-corrected chi connectivity index (χ2v) is 5.63. The van der Waals surface area contributed by atoms with E-state index in [0.29, 0.717) is 19.0 Å². The molecule has 0 radical (unpaired) electrons. The van der Waals surface area contributed by atoms with Crippen molar-refractivity contribution in [3.8, 4) is 0 Å². The maximum atomic E-state index is 12.0. The molecule has 3 N–H and O–H groups in total. The first-order valence-corrected chi connectivity index (χ1v) is 6.94. The normalized spacial score (nSPS) is 17.6. The maximum Gasteiger partial charge on any atom is 0.326 e. The number of nitrogens with zero attached hydrogens (tertiary/aromatic N) is 2. The SMILES string of the molecule is CN(C)CC1CCN(C(=O)NC(CC(=O)O)C(=O)O)CC1. The molecule has 2 amide bonds. The lowest BCUT2D eigenvalue weighted by Crippen LogP contribution is -2.51. The van der Waals surface area contributed by atoms with Gasteiger partial charge in [0.05, 0.1) is 6.42 Å². The molecule has 120 valence electrons. The molecule has 0 bridgehead atoms. The minimum atomic E-state index is -1.39. The first-order chi connectivity index (χ1) is 9.79. The molecule has 1 unspecified atom stereocenters. The van der Waals surface area contributed by atoms with Crippen LogP contribution in [0.25, 0.3) is 0 Å². The van der Waals surface area contributed by atoms with Crippen LogP contribution in [-0.4, -0.2) is 77.8 Å². The van der Waals surface area contributed by atoms with Crippen LogP contribution in [0.4, 0.5) is 4.79 Å². The predicted molar refractivity (Wildman–Crippen MR) is 75.1 cm³/mol. The Hall–Kier alpha value is -1.83. The van der Waals surface area contributed by atoms with Crippen LogP contribution in [0.2, 0.25) is 0 Å². The zero-order valence-corrected chi connectivity index (χ0v) is 12.4. The van der Waals surface area contributed by atoms with Gasteiger partial charge in [0.1, 0.15) is 6.04 Å². The molecule has 1 atom stereocenters. The van der Waals surface area contributed by atoms with E-state index >= 15 is 0 Å². The van der Waals surface area contributed by atoms with Gasteiger partial charge < -0.3 is 25.3 Å². The molecule has 0 saturated carbocycles. The van der Waals surface area contributed by atoms with Gasteiger partial charge in [0.25, 0.3) is 0 Å². The first-order valence-electron chi connectivity index (χ1n) is 6.94. The van der Waals surface area contributed by atoms with Crippen molar-refractivity contribution >= 4 is 18.0 Å². The van der Waals surface area contributed by atoms with Gasteiger partial charge in [-0.05, 0) is 32.9 Å². The Labute approximate surface area is 123 Å².